The summed E-state index contributed by atoms with van der Waals surface area (Å²) in [7, 11) is 0. The molecule has 0 heterocycles. The molecule has 2 rings (SSSR count). The second kappa shape index (κ2) is 6.76. The van der Waals surface area contributed by atoms with Gasteiger partial charge < -0.3 is 5.32 Å². The van der Waals surface area contributed by atoms with Gasteiger partial charge in [0.2, 0.25) is 0 Å². The van der Waals surface area contributed by atoms with Gasteiger partial charge in [-0.25, -0.2) is 4.39 Å². The largest absolute Gasteiger partial charge is 0.332 e. The lowest BCUT2D eigenvalue weighted by Gasteiger charge is -2.10. The quantitative estimate of drug-likeness (QED) is 0.599. The minimum Gasteiger partial charge on any atom is -0.332 e. The van der Waals surface area contributed by atoms with Crippen LogP contribution in [0.2, 0.25) is 0 Å². The molecule has 0 aliphatic carbocycles. The molecule has 3 nitrogen and oxygen atoms in total. The predicted octanol–water partition coefficient (Wildman–Crippen LogP) is 3.56. The Balaban J connectivity index is 2.02. The van der Waals surface area contributed by atoms with Gasteiger partial charge in [-0.1, -0.05) is 18.2 Å². The van der Waals surface area contributed by atoms with Crippen molar-refractivity contribution in [2.24, 2.45) is 0 Å². The van der Waals surface area contributed by atoms with Crippen molar-refractivity contribution in [3.63, 3.8) is 0 Å². The molecule has 0 bridgehead atoms. The first-order chi connectivity index (χ1) is 9.56. The number of hydrogen-bond donors (Lipinski definition) is 2. The van der Waals surface area contributed by atoms with Gasteiger partial charge in [-0.15, -0.1) is 0 Å². The average Bonchev–Trinajstić information content (AvgIpc) is 2.38. The van der Waals surface area contributed by atoms with Gasteiger partial charge in [-0.2, -0.15) is 0 Å². The van der Waals surface area contributed by atoms with Crippen LogP contribution in [0.5, 0.6) is 0 Å². The second-order valence-electron chi connectivity index (χ2n) is 3.90. The molecule has 0 aromatic heterocycles. The van der Waals surface area contributed by atoms with Gasteiger partial charge in [0.15, 0.2) is 5.11 Å². The number of carbonyl (C=O) groups excluding carboxylic acids is 1. The molecule has 2 N–H and O–H groups in total. The maximum atomic E-state index is 13.0. The Bertz CT molecular complexity index is 663. The number of amides is 1. The van der Waals surface area contributed by atoms with E-state index >= 15 is 0 Å². The zero-order chi connectivity index (χ0) is 14.5. The minimum atomic E-state index is -0.373. The van der Waals surface area contributed by atoms with Crippen molar-refractivity contribution >= 4 is 51.5 Å². The van der Waals surface area contributed by atoms with Crippen molar-refractivity contribution in [3.05, 3.63) is 63.5 Å². The van der Waals surface area contributed by atoms with Crippen molar-refractivity contribution < 1.29 is 9.18 Å². The Hall–Kier alpha value is -1.54. The van der Waals surface area contributed by atoms with Crippen molar-refractivity contribution in [1.29, 1.82) is 0 Å². The maximum Gasteiger partial charge on any atom is 0.258 e. The first kappa shape index (κ1) is 14.9. The highest BCUT2D eigenvalue weighted by atomic mass is 127. The van der Waals surface area contributed by atoms with Crippen LogP contribution in [0.1, 0.15) is 10.4 Å². The fraction of sp³-hybridized carbons (Fsp3) is 0. The Morgan fingerprint density at radius 1 is 1.15 bits per heavy atom. The van der Waals surface area contributed by atoms with Gasteiger partial charge in [0.25, 0.3) is 5.91 Å². The molecule has 0 fully saturated rings. The molecule has 0 atom stereocenters. The molecule has 0 unspecified atom stereocenters. The van der Waals surface area contributed by atoms with Gasteiger partial charge in [-0.05, 0) is 65.1 Å². The topological polar surface area (TPSA) is 41.1 Å². The molecule has 0 aliphatic heterocycles. The number of nitrogens with one attached hydrogen (secondary N) is 2. The fourth-order valence-corrected chi connectivity index (χ4v) is 2.39. The van der Waals surface area contributed by atoms with E-state index in [-0.39, 0.29) is 16.8 Å². The van der Waals surface area contributed by atoms with E-state index in [0.29, 0.717) is 11.3 Å². The predicted molar refractivity (Wildman–Crippen MR) is 89.2 cm³/mol. The zero-order valence-corrected chi connectivity index (χ0v) is 13.2. The Labute approximate surface area is 134 Å². The van der Waals surface area contributed by atoms with Crippen LogP contribution >= 0.6 is 34.8 Å². The van der Waals surface area contributed by atoms with Gasteiger partial charge in [0.1, 0.15) is 5.82 Å². The van der Waals surface area contributed by atoms with Crippen LogP contribution in [0.15, 0.2) is 48.5 Å². The standard InChI is InChI=1S/C14H10FIN2OS/c15-9-4-3-5-10(8-9)17-14(20)18-13(19)11-6-1-2-7-12(11)16/h1-8H,(H2,17,18,19,20). The molecule has 20 heavy (non-hydrogen) atoms. The Morgan fingerprint density at radius 3 is 2.60 bits per heavy atom. The van der Waals surface area contributed by atoms with Gasteiger partial charge >= 0.3 is 0 Å². The van der Waals surface area contributed by atoms with E-state index in [0.717, 1.165) is 3.57 Å². The number of thiocarbonyl (C=S) groups is 1. The van der Waals surface area contributed by atoms with E-state index in [4.69, 9.17) is 12.2 Å². The van der Waals surface area contributed by atoms with E-state index in [1.165, 1.54) is 12.1 Å². The lowest BCUT2D eigenvalue weighted by Crippen LogP contribution is -2.34. The van der Waals surface area contributed by atoms with E-state index in [9.17, 15) is 9.18 Å². The first-order valence-electron chi connectivity index (χ1n) is 5.68. The fourth-order valence-electron chi connectivity index (χ4n) is 1.54. The summed E-state index contributed by atoms with van der Waals surface area (Å²) in [5.74, 6) is -0.675. The number of benzene rings is 2. The SMILES string of the molecule is O=C(NC(=S)Nc1cccc(F)c1)c1ccccc1I. The van der Waals surface area contributed by atoms with Crippen LogP contribution in [0.3, 0.4) is 0 Å². The molecule has 6 heteroatoms. The summed E-state index contributed by atoms with van der Waals surface area (Å²) >= 11 is 7.11. The normalized spacial score (nSPS) is 9.90. The monoisotopic (exact) mass is 400 g/mol. The molecule has 2 aromatic rings. The highest BCUT2D eigenvalue weighted by Gasteiger charge is 2.10. The van der Waals surface area contributed by atoms with Gasteiger partial charge in [0, 0.05) is 9.26 Å². The highest BCUT2D eigenvalue weighted by molar-refractivity contribution is 14.1. The third-order valence-electron chi connectivity index (χ3n) is 2.43. The number of rotatable bonds is 2. The van der Waals surface area contributed by atoms with Crippen LogP contribution in [0.25, 0.3) is 0 Å². The summed E-state index contributed by atoms with van der Waals surface area (Å²) in [6.45, 7) is 0. The molecular formula is C14H10FIN2OS. The number of carbonyl (C=O) groups is 1. The van der Waals surface area contributed by atoms with Crippen molar-refractivity contribution in [1.82, 2.24) is 5.32 Å². The molecule has 0 saturated heterocycles. The molecule has 1 amide bonds. The average molecular weight is 400 g/mol. The van der Waals surface area contributed by atoms with Crippen molar-refractivity contribution in [2.45, 2.75) is 0 Å². The summed E-state index contributed by atoms with van der Waals surface area (Å²) in [5.41, 5.74) is 1.02. The van der Waals surface area contributed by atoms with Crippen LogP contribution < -0.4 is 10.6 Å². The van der Waals surface area contributed by atoms with E-state index in [1.807, 2.05) is 12.1 Å². The van der Waals surface area contributed by atoms with Crippen LogP contribution in [-0.4, -0.2) is 11.0 Å². The molecule has 0 aliphatic rings. The van der Waals surface area contributed by atoms with Crippen molar-refractivity contribution in [2.75, 3.05) is 5.32 Å². The number of anilines is 1. The van der Waals surface area contributed by atoms with E-state index < -0.39 is 0 Å². The van der Waals surface area contributed by atoms with E-state index in [2.05, 4.69) is 33.2 Å². The summed E-state index contributed by atoms with van der Waals surface area (Å²) in [4.78, 5) is 12.0. The molecule has 2 aromatic carbocycles. The second-order valence-corrected chi connectivity index (χ2v) is 5.47. The van der Waals surface area contributed by atoms with Gasteiger partial charge in [-0.3, -0.25) is 10.1 Å². The molecule has 0 radical (unpaired) electrons. The van der Waals surface area contributed by atoms with Gasteiger partial charge in [0.05, 0.1) is 5.56 Å². The number of hydrogen-bond acceptors (Lipinski definition) is 2. The smallest absolute Gasteiger partial charge is 0.258 e. The Kier molecular flexibility index (Phi) is 5.02. The molecule has 0 saturated carbocycles. The molecule has 102 valence electrons. The third-order valence-corrected chi connectivity index (χ3v) is 3.57. The van der Waals surface area contributed by atoms with Crippen LogP contribution in [-0.2, 0) is 0 Å². The highest BCUT2D eigenvalue weighted by Crippen LogP contribution is 2.12. The summed E-state index contributed by atoms with van der Waals surface area (Å²) in [5, 5.41) is 5.44. The summed E-state index contributed by atoms with van der Waals surface area (Å²) in [6, 6.07) is 13.0. The van der Waals surface area contributed by atoms with Crippen molar-refractivity contribution in [3.8, 4) is 0 Å². The maximum absolute atomic E-state index is 13.0. The van der Waals surface area contributed by atoms with E-state index in [1.54, 1.807) is 24.3 Å². The van der Waals surface area contributed by atoms with Crippen LogP contribution in [0.4, 0.5) is 10.1 Å². The molecule has 0 spiro atoms. The third kappa shape index (κ3) is 3.97. The summed E-state index contributed by atoms with van der Waals surface area (Å²) in [6.07, 6.45) is 0. The number of halogens is 2. The summed E-state index contributed by atoms with van der Waals surface area (Å²) < 4.78 is 13.9. The van der Waals surface area contributed by atoms with Crippen LogP contribution in [0, 0.1) is 9.39 Å². The molecular weight excluding hydrogens is 390 g/mol. The zero-order valence-electron chi connectivity index (χ0n) is 10.2. The first-order valence-corrected chi connectivity index (χ1v) is 7.17. The minimum absolute atomic E-state index is 0.125. The Morgan fingerprint density at radius 2 is 1.90 bits per heavy atom. The lowest BCUT2D eigenvalue weighted by molar-refractivity contribution is 0.0977. The lowest BCUT2D eigenvalue weighted by atomic mass is 10.2.